The average Bonchev–Trinajstić information content (AvgIpc) is 2.79. The fourth-order valence-corrected chi connectivity index (χ4v) is 3.19. The number of aryl methyl sites for hydroxylation is 2. The Morgan fingerprint density at radius 3 is 2.72 bits per heavy atom. The molecule has 1 fully saturated rings. The van der Waals surface area contributed by atoms with Gasteiger partial charge in [-0.1, -0.05) is 6.07 Å². The summed E-state index contributed by atoms with van der Waals surface area (Å²) >= 11 is 0. The molecule has 0 unspecified atom stereocenters. The molecule has 0 bridgehead atoms. The van der Waals surface area contributed by atoms with Gasteiger partial charge in [0.25, 0.3) is 0 Å². The summed E-state index contributed by atoms with van der Waals surface area (Å²) in [5, 5.41) is 3.24. The zero-order chi connectivity index (χ0) is 12.4. The lowest BCUT2D eigenvalue weighted by Crippen LogP contribution is -2.45. The molecule has 2 heteroatoms. The third-order valence-corrected chi connectivity index (χ3v) is 4.50. The van der Waals surface area contributed by atoms with E-state index < -0.39 is 0 Å². The van der Waals surface area contributed by atoms with E-state index in [4.69, 9.17) is 4.74 Å². The molecule has 2 aliphatic rings. The van der Waals surface area contributed by atoms with Crippen LogP contribution in [0.2, 0.25) is 0 Å². The van der Waals surface area contributed by atoms with Crippen molar-refractivity contribution in [2.75, 3.05) is 13.6 Å². The Morgan fingerprint density at radius 1 is 1.17 bits per heavy atom. The van der Waals surface area contributed by atoms with Gasteiger partial charge in [-0.25, -0.2) is 0 Å². The van der Waals surface area contributed by atoms with Crippen LogP contribution in [0.3, 0.4) is 0 Å². The molecule has 0 heterocycles. The molecule has 1 aromatic carbocycles. The molecule has 98 valence electrons. The number of nitrogens with one attached hydrogen (secondary N) is 1. The zero-order valence-electron chi connectivity index (χ0n) is 11.3. The van der Waals surface area contributed by atoms with Crippen LogP contribution in [0.1, 0.15) is 43.2 Å². The molecule has 1 N–H and O–H groups in total. The van der Waals surface area contributed by atoms with Crippen LogP contribution in [0.5, 0.6) is 5.75 Å². The van der Waals surface area contributed by atoms with Gasteiger partial charge < -0.3 is 10.1 Å². The Labute approximate surface area is 110 Å². The first kappa shape index (κ1) is 12.0. The normalized spacial score (nSPS) is 20.3. The van der Waals surface area contributed by atoms with Gasteiger partial charge in [-0.3, -0.25) is 0 Å². The van der Waals surface area contributed by atoms with Crippen LogP contribution >= 0.6 is 0 Å². The molecule has 0 saturated heterocycles. The number of hydrogen-bond donors (Lipinski definition) is 1. The molecule has 0 amide bonds. The molecule has 0 aromatic heterocycles. The molecule has 2 aliphatic carbocycles. The van der Waals surface area contributed by atoms with Crippen molar-refractivity contribution in [2.24, 2.45) is 0 Å². The summed E-state index contributed by atoms with van der Waals surface area (Å²) in [6, 6.07) is 6.72. The topological polar surface area (TPSA) is 21.3 Å². The highest BCUT2D eigenvalue weighted by Crippen LogP contribution is 2.40. The molecule has 2 nitrogen and oxygen atoms in total. The monoisotopic (exact) mass is 245 g/mol. The first-order valence-corrected chi connectivity index (χ1v) is 7.27. The van der Waals surface area contributed by atoms with E-state index in [0.717, 1.165) is 18.7 Å². The lowest BCUT2D eigenvalue weighted by Gasteiger charge is -2.42. The van der Waals surface area contributed by atoms with Crippen LogP contribution in [0, 0.1) is 0 Å². The number of fused-ring (bicyclic) bond motifs is 1. The standard InChI is InChI=1S/C16H23NO/c1-17-11-10-16(8-3-9-16)18-15-7-6-13-4-2-5-14(13)12-15/h6-7,12,17H,2-5,8-11H2,1H3. The molecule has 0 aliphatic heterocycles. The van der Waals surface area contributed by atoms with E-state index in [1.54, 1.807) is 0 Å². The predicted molar refractivity (Wildman–Crippen MR) is 74.2 cm³/mol. The van der Waals surface area contributed by atoms with Crippen molar-refractivity contribution in [1.29, 1.82) is 0 Å². The molecule has 0 radical (unpaired) electrons. The summed E-state index contributed by atoms with van der Waals surface area (Å²) in [5.74, 6) is 1.09. The molecule has 0 atom stereocenters. The first-order valence-electron chi connectivity index (χ1n) is 7.27. The SMILES string of the molecule is CNCCC1(Oc2ccc3c(c2)CCC3)CCC1. The van der Waals surface area contributed by atoms with Crippen LogP contribution < -0.4 is 10.1 Å². The minimum Gasteiger partial charge on any atom is -0.487 e. The molecule has 18 heavy (non-hydrogen) atoms. The second kappa shape index (κ2) is 4.93. The Hall–Kier alpha value is -1.02. The van der Waals surface area contributed by atoms with E-state index in [1.165, 1.54) is 49.7 Å². The van der Waals surface area contributed by atoms with Gasteiger partial charge in [-0.2, -0.15) is 0 Å². The molecule has 0 spiro atoms. The van der Waals surface area contributed by atoms with Crippen molar-refractivity contribution in [1.82, 2.24) is 5.32 Å². The van der Waals surface area contributed by atoms with E-state index in [0.29, 0.717) is 0 Å². The smallest absolute Gasteiger partial charge is 0.120 e. The van der Waals surface area contributed by atoms with Crippen molar-refractivity contribution in [3.05, 3.63) is 29.3 Å². The van der Waals surface area contributed by atoms with E-state index in [-0.39, 0.29) is 5.60 Å². The molecule has 3 rings (SSSR count). The number of ether oxygens (including phenoxy) is 1. The van der Waals surface area contributed by atoms with Gasteiger partial charge in [0, 0.05) is 0 Å². The van der Waals surface area contributed by atoms with Crippen molar-refractivity contribution in [2.45, 2.75) is 50.5 Å². The first-order chi connectivity index (χ1) is 8.81. The highest BCUT2D eigenvalue weighted by atomic mass is 16.5. The summed E-state index contributed by atoms with van der Waals surface area (Å²) in [6.45, 7) is 1.05. The van der Waals surface area contributed by atoms with Gasteiger partial charge in [-0.05, 0) is 81.8 Å². The minimum atomic E-state index is 0.121. The number of benzene rings is 1. The second-order valence-electron chi connectivity index (χ2n) is 5.78. The molecule has 1 saturated carbocycles. The van der Waals surface area contributed by atoms with Crippen LogP contribution in [0.25, 0.3) is 0 Å². The van der Waals surface area contributed by atoms with Gasteiger partial charge >= 0.3 is 0 Å². The van der Waals surface area contributed by atoms with Gasteiger partial charge in [0.1, 0.15) is 11.4 Å². The maximum Gasteiger partial charge on any atom is 0.120 e. The van der Waals surface area contributed by atoms with E-state index in [2.05, 4.69) is 23.5 Å². The highest BCUT2D eigenvalue weighted by molar-refractivity contribution is 5.38. The van der Waals surface area contributed by atoms with E-state index >= 15 is 0 Å². The van der Waals surface area contributed by atoms with Crippen LogP contribution in [-0.2, 0) is 12.8 Å². The summed E-state index contributed by atoms with van der Waals surface area (Å²) in [5.41, 5.74) is 3.16. The molecular weight excluding hydrogens is 222 g/mol. The lowest BCUT2D eigenvalue weighted by atomic mass is 9.77. The highest BCUT2D eigenvalue weighted by Gasteiger charge is 2.38. The predicted octanol–water partition coefficient (Wildman–Crippen LogP) is 3.09. The molecular formula is C16H23NO. The van der Waals surface area contributed by atoms with Crippen LogP contribution in [-0.4, -0.2) is 19.2 Å². The Kier molecular flexibility index (Phi) is 3.29. The summed E-state index contributed by atoms with van der Waals surface area (Å²) in [7, 11) is 2.02. The Balaban J connectivity index is 1.71. The maximum atomic E-state index is 6.33. The quantitative estimate of drug-likeness (QED) is 0.860. The molecule has 1 aromatic rings. The van der Waals surface area contributed by atoms with E-state index in [9.17, 15) is 0 Å². The van der Waals surface area contributed by atoms with Crippen LogP contribution in [0.4, 0.5) is 0 Å². The fraction of sp³-hybridized carbons (Fsp3) is 0.625. The third-order valence-electron chi connectivity index (χ3n) is 4.50. The van der Waals surface area contributed by atoms with Crippen molar-refractivity contribution >= 4 is 0 Å². The minimum absolute atomic E-state index is 0.121. The van der Waals surface area contributed by atoms with Crippen molar-refractivity contribution in [3.8, 4) is 5.75 Å². The van der Waals surface area contributed by atoms with Crippen molar-refractivity contribution in [3.63, 3.8) is 0 Å². The van der Waals surface area contributed by atoms with Gasteiger partial charge in [0.05, 0.1) is 0 Å². The zero-order valence-corrected chi connectivity index (χ0v) is 11.3. The summed E-state index contributed by atoms with van der Waals surface area (Å²) in [4.78, 5) is 0. The van der Waals surface area contributed by atoms with Gasteiger partial charge in [0.2, 0.25) is 0 Å². The second-order valence-corrected chi connectivity index (χ2v) is 5.78. The summed E-state index contributed by atoms with van der Waals surface area (Å²) < 4.78 is 6.33. The van der Waals surface area contributed by atoms with E-state index in [1.807, 2.05) is 7.05 Å². The van der Waals surface area contributed by atoms with Crippen molar-refractivity contribution < 1.29 is 4.74 Å². The Bertz CT molecular complexity index is 423. The summed E-state index contributed by atoms with van der Waals surface area (Å²) in [6.07, 6.45) is 8.66. The van der Waals surface area contributed by atoms with Gasteiger partial charge in [0.15, 0.2) is 0 Å². The lowest BCUT2D eigenvalue weighted by molar-refractivity contribution is -0.0139. The maximum absolute atomic E-state index is 6.33. The third kappa shape index (κ3) is 2.26. The largest absolute Gasteiger partial charge is 0.487 e. The number of rotatable bonds is 5. The average molecular weight is 245 g/mol. The Morgan fingerprint density at radius 2 is 2.00 bits per heavy atom. The van der Waals surface area contributed by atoms with Gasteiger partial charge in [-0.15, -0.1) is 0 Å². The number of hydrogen-bond acceptors (Lipinski definition) is 2. The fourth-order valence-electron chi connectivity index (χ4n) is 3.19. The van der Waals surface area contributed by atoms with Crippen LogP contribution in [0.15, 0.2) is 18.2 Å².